The molecule has 1 aromatic carbocycles. The average Bonchev–Trinajstić information content (AvgIpc) is 3.13. The molecule has 6 nitrogen and oxygen atoms in total. The average molecular weight is 414 g/mol. The van der Waals surface area contributed by atoms with Crippen LogP contribution in [0.4, 0.5) is 5.00 Å². The molecule has 0 bridgehead atoms. The lowest BCUT2D eigenvalue weighted by Gasteiger charge is -2.03. The molecule has 0 saturated heterocycles. The Morgan fingerprint density at radius 1 is 1.36 bits per heavy atom. The third kappa shape index (κ3) is 3.52. The van der Waals surface area contributed by atoms with Gasteiger partial charge in [-0.15, -0.1) is 6.58 Å². The highest BCUT2D eigenvalue weighted by Crippen LogP contribution is 2.30. The highest BCUT2D eigenvalue weighted by molar-refractivity contribution is 7.17. The number of rotatable bonds is 4. The van der Waals surface area contributed by atoms with Gasteiger partial charge in [-0.25, -0.2) is 0 Å². The summed E-state index contributed by atoms with van der Waals surface area (Å²) in [5.74, 6) is -0.551. The molecule has 2 aromatic heterocycles. The van der Waals surface area contributed by atoms with Crippen molar-refractivity contribution in [3.63, 3.8) is 0 Å². The zero-order chi connectivity index (χ0) is 18.1. The van der Waals surface area contributed by atoms with Crippen LogP contribution in [-0.2, 0) is 6.54 Å². The first-order valence-corrected chi connectivity index (χ1v) is 9.22. The Labute approximate surface area is 159 Å². The quantitative estimate of drug-likeness (QED) is 0.346. The van der Waals surface area contributed by atoms with Gasteiger partial charge in [0, 0.05) is 17.6 Å². The van der Waals surface area contributed by atoms with E-state index in [0.29, 0.717) is 26.9 Å². The second kappa shape index (κ2) is 7.09. The zero-order valence-corrected chi connectivity index (χ0v) is 15.6. The van der Waals surface area contributed by atoms with E-state index < -0.39 is 10.8 Å². The summed E-state index contributed by atoms with van der Waals surface area (Å²) in [7, 11) is 0. The van der Waals surface area contributed by atoms with E-state index in [2.05, 4.69) is 11.6 Å². The molecule has 0 unspecified atom stereocenters. The van der Waals surface area contributed by atoms with E-state index in [-0.39, 0.29) is 9.88 Å². The number of nitrogens with zero attached hydrogens (tertiary/aromatic N) is 3. The van der Waals surface area contributed by atoms with Crippen molar-refractivity contribution in [2.75, 3.05) is 0 Å². The Morgan fingerprint density at radius 2 is 2.12 bits per heavy atom. The van der Waals surface area contributed by atoms with Crippen LogP contribution in [0.1, 0.15) is 9.67 Å². The molecule has 0 saturated carbocycles. The Morgan fingerprint density at radius 3 is 2.76 bits per heavy atom. The lowest BCUT2D eigenvalue weighted by molar-refractivity contribution is -0.380. The van der Waals surface area contributed by atoms with Crippen LogP contribution in [0.15, 0.2) is 41.9 Å². The first-order chi connectivity index (χ1) is 11.9. The first-order valence-electron chi connectivity index (χ1n) is 6.83. The fourth-order valence-corrected chi connectivity index (χ4v) is 4.72. The van der Waals surface area contributed by atoms with Gasteiger partial charge in [0.25, 0.3) is 5.91 Å². The number of thiophene rings is 1. The van der Waals surface area contributed by atoms with Gasteiger partial charge in [0.05, 0.1) is 20.2 Å². The zero-order valence-electron chi connectivity index (χ0n) is 12.4. The van der Waals surface area contributed by atoms with Gasteiger partial charge in [-0.1, -0.05) is 52.0 Å². The first kappa shape index (κ1) is 17.8. The number of halogens is 2. The summed E-state index contributed by atoms with van der Waals surface area (Å²) in [6.07, 6.45) is 1.66. The van der Waals surface area contributed by atoms with Crippen LogP contribution in [0, 0.1) is 10.1 Å². The molecular weight excluding hydrogens is 405 g/mol. The minimum absolute atomic E-state index is 0.108. The number of nitro groups is 1. The molecule has 1 amide bonds. The summed E-state index contributed by atoms with van der Waals surface area (Å²) in [6.45, 7) is 4.11. The fourth-order valence-electron chi connectivity index (χ4n) is 2.20. The smallest absolute Gasteiger partial charge is 0.311 e. The van der Waals surface area contributed by atoms with Crippen molar-refractivity contribution in [3.05, 3.63) is 66.8 Å². The Hall–Kier alpha value is -2.00. The minimum atomic E-state index is -0.551. The number of allylic oxidation sites excluding steroid dienone is 1. The molecule has 0 atom stereocenters. The molecule has 10 heteroatoms. The number of hydrogen-bond acceptors (Lipinski definition) is 5. The summed E-state index contributed by atoms with van der Waals surface area (Å²) < 4.78 is 2.54. The van der Waals surface area contributed by atoms with E-state index >= 15 is 0 Å². The van der Waals surface area contributed by atoms with Crippen LogP contribution < -0.4 is 4.80 Å². The van der Waals surface area contributed by atoms with Crippen LogP contribution >= 0.6 is 45.9 Å². The highest BCUT2D eigenvalue weighted by Gasteiger charge is 2.16. The Bertz CT molecular complexity index is 1080. The molecule has 128 valence electrons. The SMILES string of the molecule is C=CCn1c(=NC(=O)c2ccc([N+](=O)[O-])s2)sc2cc(Cl)cc(Cl)c21. The van der Waals surface area contributed by atoms with Crippen molar-refractivity contribution in [2.45, 2.75) is 6.54 Å². The third-order valence-electron chi connectivity index (χ3n) is 3.19. The van der Waals surface area contributed by atoms with Crippen molar-refractivity contribution in [1.82, 2.24) is 4.57 Å². The van der Waals surface area contributed by atoms with Gasteiger partial charge in [-0.2, -0.15) is 4.99 Å². The third-order valence-corrected chi connectivity index (χ3v) is 5.74. The number of fused-ring (bicyclic) bond motifs is 1. The van der Waals surface area contributed by atoms with Crippen molar-refractivity contribution < 1.29 is 9.72 Å². The number of amides is 1. The molecule has 0 spiro atoms. The van der Waals surface area contributed by atoms with Gasteiger partial charge < -0.3 is 4.57 Å². The molecule has 0 aliphatic rings. The molecule has 2 heterocycles. The maximum absolute atomic E-state index is 12.4. The molecule has 0 radical (unpaired) electrons. The minimum Gasteiger partial charge on any atom is -0.311 e. The van der Waals surface area contributed by atoms with E-state index in [1.165, 1.54) is 23.5 Å². The second-order valence-corrected chi connectivity index (χ2v) is 7.75. The summed E-state index contributed by atoms with van der Waals surface area (Å²) in [4.78, 5) is 27.3. The van der Waals surface area contributed by atoms with E-state index in [0.717, 1.165) is 16.0 Å². The molecule has 3 rings (SSSR count). The normalized spacial score (nSPS) is 11.8. The number of carbonyl (C=O) groups excluding carboxylic acids is 1. The van der Waals surface area contributed by atoms with E-state index in [1.807, 2.05) is 0 Å². The number of carbonyl (C=O) groups is 1. The molecule has 0 N–H and O–H groups in total. The standard InChI is InChI=1S/C15H9Cl2N3O3S2/c1-2-5-19-13-9(17)6-8(16)7-11(13)25-15(19)18-14(21)10-3-4-12(24-10)20(22)23/h2-4,6-7H,1,5H2. The van der Waals surface area contributed by atoms with E-state index in [1.54, 1.807) is 22.8 Å². The predicted octanol–water partition coefficient (Wildman–Crippen LogP) is 4.91. The number of thiazole rings is 1. The largest absolute Gasteiger partial charge is 0.324 e. The van der Waals surface area contributed by atoms with Crippen LogP contribution in [0.5, 0.6) is 0 Å². The van der Waals surface area contributed by atoms with Gasteiger partial charge in [-0.3, -0.25) is 14.9 Å². The summed E-state index contributed by atoms with van der Waals surface area (Å²) in [5.41, 5.74) is 0.708. The lowest BCUT2D eigenvalue weighted by atomic mass is 10.3. The maximum atomic E-state index is 12.4. The van der Waals surface area contributed by atoms with E-state index in [9.17, 15) is 14.9 Å². The summed E-state index contributed by atoms with van der Waals surface area (Å²) in [5, 5.41) is 11.6. The molecule has 0 aliphatic carbocycles. The van der Waals surface area contributed by atoms with Gasteiger partial charge in [0.2, 0.25) is 0 Å². The van der Waals surface area contributed by atoms with Crippen molar-refractivity contribution >= 4 is 67.0 Å². The van der Waals surface area contributed by atoms with Crippen LogP contribution in [0.2, 0.25) is 10.0 Å². The number of aromatic nitrogens is 1. The Balaban J connectivity index is 2.15. The maximum Gasteiger partial charge on any atom is 0.324 e. The van der Waals surface area contributed by atoms with Gasteiger partial charge >= 0.3 is 5.00 Å². The number of benzene rings is 1. The van der Waals surface area contributed by atoms with Crippen molar-refractivity contribution in [3.8, 4) is 0 Å². The van der Waals surface area contributed by atoms with Gasteiger partial charge in [0.1, 0.15) is 4.88 Å². The summed E-state index contributed by atoms with van der Waals surface area (Å²) >= 11 is 14.3. The second-order valence-electron chi connectivity index (χ2n) is 4.83. The van der Waals surface area contributed by atoms with Crippen LogP contribution in [0.25, 0.3) is 10.2 Å². The molecule has 3 aromatic rings. The number of hydrogen-bond donors (Lipinski definition) is 0. The molecule has 25 heavy (non-hydrogen) atoms. The summed E-state index contributed by atoms with van der Waals surface area (Å²) in [6, 6.07) is 6.04. The highest BCUT2D eigenvalue weighted by atomic mass is 35.5. The predicted molar refractivity (Wildman–Crippen MR) is 101 cm³/mol. The van der Waals surface area contributed by atoms with E-state index in [4.69, 9.17) is 23.2 Å². The Kier molecular flexibility index (Phi) is 5.05. The van der Waals surface area contributed by atoms with Crippen LogP contribution in [-0.4, -0.2) is 15.4 Å². The molecule has 0 fully saturated rings. The fraction of sp³-hybridized carbons (Fsp3) is 0.0667. The molecular formula is C15H9Cl2N3O3S2. The van der Waals surface area contributed by atoms with Gasteiger partial charge in [-0.05, 0) is 18.2 Å². The lowest BCUT2D eigenvalue weighted by Crippen LogP contribution is -2.16. The van der Waals surface area contributed by atoms with Crippen LogP contribution in [0.3, 0.4) is 0 Å². The van der Waals surface area contributed by atoms with Crippen molar-refractivity contribution in [2.24, 2.45) is 4.99 Å². The molecule has 0 aliphatic heterocycles. The van der Waals surface area contributed by atoms with Crippen molar-refractivity contribution in [1.29, 1.82) is 0 Å². The topological polar surface area (TPSA) is 77.5 Å². The monoisotopic (exact) mass is 413 g/mol. The van der Waals surface area contributed by atoms with Gasteiger partial charge in [0.15, 0.2) is 4.80 Å².